The smallest absolute Gasteiger partial charge is 0.270 e. The molecule has 0 aromatic carbocycles. The van der Waals surface area contributed by atoms with Crippen molar-refractivity contribution in [3.8, 4) is 16.8 Å². The first-order valence-corrected chi connectivity index (χ1v) is 13.2. The number of carbonyl (C=O) groups excluding carboxylic acids is 1. The molecular formula is C26H32N8O2S. The van der Waals surface area contributed by atoms with Gasteiger partial charge in [-0.2, -0.15) is 5.26 Å². The number of hydrogen-bond donors (Lipinski definition) is 4. The maximum atomic E-state index is 12.8. The zero-order valence-electron chi connectivity index (χ0n) is 20.9. The molecule has 0 saturated carbocycles. The van der Waals surface area contributed by atoms with E-state index < -0.39 is 0 Å². The summed E-state index contributed by atoms with van der Waals surface area (Å²) in [7, 11) is 0. The number of aliphatic hydroxyl groups is 1. The van der Waals surface area contributed by atoms with Crippen LogP contribution < -0.4 is 16.4 Å². The number of nitrogens with two attached hydrogens (primary N) is 1. The third kappa shape index (κ3) is 7.01. The standard InChI is InChI=1S/C26H32N8O2S/c1-17(7-11-35)32-24-20(13-27)21(28)12-23(33-24)25(36)30-14-18-5-9-34(10-6-18)16-19-15-31-26(37-19)22-4-2-3-8-29-22/h2-4,8,12,15,17-18,35H,5-7,9-11,14,16H2,1H3,(H,30,36)(H3,28,32,33). The van der Waals surface area contributed by atoms with Crippen molar-refractivity contribution in [2.24, 2.45) is 5.92 Å². The first-order chi connectivity index (χ1) is 18.0. The van der Waals surface area contributed by atoms with Crippen LogP contribution in [0.25, 0.3) is 10.7 Å². The monoisotopic (exact) mass is 520 g/mol. The summed E-state index contributed by atoms with van der Waals surface area (Å²) in [5.41, 5.74) is 7.49. The summed E-state index contributed by atoms with van der Waals surface area (Å²) >= 11 is 1.68. The Hall–Kier alpha value is -3.59. The van der Waals surface area contributed by atoms with E-state index in [-0.39, 0.29) is 41.3 Å². The molecule has 11 heteroatoms. The largest absolute Gasteiger partial charge is 0.397 e. The Balaban J connectivity index is 1.27. The van der Waals surface area contributed by atoms with Crippen LogP contribution in [0.1, 0.15) is 47.1 Å². The highest BCUT2D eigenvalue weighted by Crippen LogP contribution is 2.26. The Morgan fingerprint density at radius 2 is 2.16 bits per heavy atom. The van der Waals surface area contributed by atoms with E-state index >= 15 is 0 Å². The number of anilines is 2. The lowest BCUT2D eigenvalue weighted by atomic mass is 9.96. The first-order valence-electron chi connectivity index (χ1n) is 12.4. The molecule has 5 N–H and O–H groups in total. The predicted octanol–water partition coefficient (Wildman–Crippen LogP) is 2.88. The lowest BCUT2D eigenvalue weighted by Crippen LogP contribution is -2.38. The van der Waals surface area contributed by atoms with Crippen LogP contribution in [0.4, 0.5) is 11.5 Å². The summed E-state index contributed by atoms with van der Waals surface area (Å²) in [5.74, 6) is 0.322. The Labute approximate surface area is 220 Å². The summed E-state index contributed by atoms with van der Waals surface area (Å²) in [4.78, 5) is 29.7. The van der Waals surface area contributed by atoms with E-state index in [0.29, 0.717) is 18.9 Å². The van der Waals surface area contributed by atoms with Gasteiger partial charge in [0.1, 0.15) is 28.2 Å². The molecule has 1 aliphatic rings. The number of pyridine rings is 2. The van der Waals surface area contributed by atoms with Gasteiger partial charge in [-0.1, -0.05) is 6.07 Å². The molecule has 3 aromatic rings. The molecule has 3 aromatic heterocycles. The van der Waals surface area contributed by atoms with Gasteiger partial charge in [0.2, 0.25) is 0 Å². The zero-order chi connectivity index (χ0) is 26.2. The number of thiazole rings is 1. The SMILES string of the molecule is CC(CCO)Nc1nc(C(=O)NCC2CCN(Cc3cnc(-c4ccccn4)s3)CC2)cc(N)c1C#N. The molecule has 1 amide bonds. The normalized spacial score (nSPS) is 15.2. The van der Waals surface area contributed by atoms with Gasteiger partial charge in [0.25, 0.3) is 5.91 Å². The Bertz CT molecular complexity index is 1240. The second-order valence-corrected chi connectivity index (χ2v) is 10.4. The molecular weight excluding hydrogens is 488 g/mol. The summed E-state index contributed by atoms with van der Waals surface area (Å²) in [5, 5.41) is 25.6. The van der Waals surface area contributed by atoms with Crippen LogP contribution in [0.3, 0.4) is 0 Å². The van der Waals surface area contributed by atoms with E-state index in [2.05, 4.69) is 30.5 Å². The number of nitriles is 1. The average molecular weight is 521 g/mol. The number of likely N-dealkylation sites (tertiary alicyclic amines) is 1. The summed E-state index contributed by atoms with van der Waals surface area (Å²) in [6, 6.07) is 9.19. The van der Waals surface area contributed by atoms with Crippen LogP contribution >= 0.6 is 11.3 Å². The molecule has 10 nitrogen and oxygen atoms in total. The fourth-order valence-electron chi connectivity index (χ4n) is 4.29. The molecule has 1 unspecified atom stereocenters. The lowest BCUT2D eigenvalue weighted by Gasteiger charge is -2.31. The number of carbonyl (C=O) groups is 1. The maximum absolute atomic E-state index is 12.8. The van der Waals surface area contributed by atoms with Gasteiger partial charge in [0.15, 0.2) is 0 Å². The molecule has 1 saturated heterocycles. The third-order valence-electron chi connectivity index (χ3n) is 6.42. The van der Waals surface area contributed by atoms with Gasteiger partial charge < -0.3 is 21.5 Å². The molecule has 1 atom stereocenters. The molecule has 0 spiro atoms. The van der Waals surface area contributed by atoms with E-state index in [4.69, 9.17) is 10.8 Å². The summed E-state index contributed by atoms with van der Waals surface area (Å²) in [6.45, 7) is 5.20. The highest BCUT2D eigenvalue weighted by molar-refractivity contribution is 7.14. The van der Waals surface area contributed by atoms with Crippen molar-refractivity contribution in [1.29, 1.82) is 5.26 Å². The van der Waals surface area contributed by atoms with E-state index in [0.717, 1.165) is 43.2 Å². The van der Waals surface area contributed by atoms with Crippen LogP contribution in [-0.2, 0) is 6.54 Å². The highest BCUT2D eigenvalue weighted by atomic mass is 32.1. The Kier molecular flexibility index (Phi) is 9.00. The minimum Gasteiger partial charge on any atom is -0.397 e. The minimum absolute atomic E-state index is 0.000942. The van der Waals surface area contributed by atoms with Gasteiger partial charge in [-0.25, -0.2) is 9.97 Å². The number of amides is 1. The second-order valence-electron chi connectivity index (χ2n) is 9.27. The van der Waals surface area contributed by atoms with Crippen LogP contribution in [0.15, 0.2) is 36.7 Å². The number of aliphatic hydroxyl groups excluding tert-OH is 1. The number of hydrogen-bond acceptors (Lipinski definition) is 10. The van der Waals surface area contributed by atoms with Crippen molar-refractivity contribution in [1.82, 2.24) is 25.2 Å². The predicted molar refractivity (Wildman–Crippen MR) is 144 cm³/mol. The zero-order valence-corrected chi connectivity index (χ0v) is 21.7. The number of rotatable bonds is 10. The molecule has 1 fully saturated rings. The van der Waals surface area contributed by atoms with Crippen molar-refractivity contribution < 1.29 is 9.90 Å². The number of nitrogens with one attached hydrogen (secondary N) is 2. The van der Waals surface area contributed by atoms with Crippen LogP contribution in [0.2, 0.25) is 0 Å². The molecule has 0 aliphatic carbocycles. The van der Waals surface area contributed by atoms with Gasteiger partial charge >= 0.3 is 0 Å². The molecule has 0 bridgehead atoms. The fourth-order valence-corrected chi connectivity index (χ4v) is 5.22. The number of aromatic nitrogens is 3. The Morgan fingerprint density at radius 1 is 1.35 bits per heavy atom. The van der Waals surface area contributed by atoms with Crippen molar-refractivity contribution in [2.45, 2.75) is 38.8 Å². The molecule has 1 aliphatic heterocycles. The van der Waals surface area contributed by atoms with Crippen LogP contribution in [0, 0.1) is 17.2 Å². The van der Waals surface area contributed by atoms with Crippen molar-refractivity contribution in [3.63, 3.8) is 0 Å². The van der Waals surface area contributed by atoms with E-state index in [1.807, 2.05) is 37.4 Å². The van der Waals surface area contributed by atoms with E-state index in [1.165, 1.54) is 10.9 Å². The molecule has 37 heavy (non-hydrogen) atoms. The van der Waals surface area contributed by atoms with Crippen molar-refractivity contribution >= 4 is 28.7 Å². The number of nitrogens with zero attached hydrogens (tertiary/aromatic N) is 5. The van der Waals surface area contributed by atoms with Gasteiger partial charge in [-0.3, -0.25) is 14.7 Å². The van der Waals surface area contributed by atoms with E-state index in [9.17, 15) is 10.1 Å². The number of piperidine rings is 1. The van der Waals surface area contributed by atoms with Crippen molar-refractivity contribution in [3.05, 3.63) is 52.8 Å². The average Bonchev–Trinajstić information content (AvgIpc) is 3.37. The van der Waals surface area contributed by atoms with Crippen LogP contribution in [0.5, 0.6) is 0 Å². The summed E-state index contributed by atoms with van der Waals surface area (Å²) in [6.07, 6.45) is 6.17. The van der Waals surface area contributed by atoms with Crippen LogP contribution in [-0.4, -0.2) is 63.1 Å². The second kappa shape index (κ2) is 12.6. The third-order valence-corrected chi connectivity index (χ3v) is 7.42. The fraction of sp³-hybridized carbons (Fsp3) is 0.423. The van der Waals surface area contributed by atoms with Gasteiger partial charge in [0, 0.05) is 43.0 Å². The first kappa shape index (κ1) is 26.5. The maximum Gasteiger partial charge on any atom is 0.270 e. The summed E-state index contributed by atoms with van der Waals surface area (Å²) < 4.78 is 0. The number of nitrogen functional groups attached to an aromatic ring is 1. The topological polar surface area (TPSA) is 153 Å². The van der Waals surface area contributed by atoms with Gasteiger partial charge in [0.05, 0.1) is 11.4 Å². The molecule has 194 valence electrons. The molecule has 4 rings (SSSR count). The minimum atomic E-state index is -0.316. The van der Waals surface area contributed by atoms with Crippen molar-refractivity contribution in [2.75, 3.05) is 37.3 Å². The molecule has 4 heterocycles. The highest BCUT2D eigenvalue weighted by Gasteiger charge is 2.22. The lowest BCUT2D eigenvalue weighted by molar-refractivity contribution is 0.0930. The van der Waals surface area contributed by atoms with E-state index in [1.54, 1.807) is 17.5 Å². The quantitative estimate of drug-likeness (QED) is 0.316. The van der Waals surface area contributed by atoms with Gasteiger partial charge in [-0.15, -0.1) is 11.3 Å². The molecule has 0 radical (unpaired) electrons. The van der Waals surface area contributed by atoms with Gasteiger partial charge in [-0.05, 0) is 63.4 Å². The Morgan fingerprint density at radius 3 is 2.86 bits per heavy atom.